The number of likely N-dealkylation sites (tertiary alicyclic amines) is 1. The van der Waals surface area contributed by atoms with E-state index in [1.165, 1.54) is 4.90 Å². The Bertz CT molecular complexity index is 210. The fraction of sp³-hybridized carbons (Fsp3) is 0.909. The zero-order valence-electron chi connectivity index (χ0n) is 9.85. The zero-order chi connectivity index (χ0) is 11.8. The van der Waals surface area contributed by atoms with Crippen LogP contribution in [0.2, 0.25) is 0 Å². The number of amides is 1. The van der Waals surface area contributed by atoms with Crippen LogP contribution in [0.5, 0.6) is 0 Å². The van der Waals surface area contributed by atoms with Crippen molar-refractivity contribution in [3.05, 3.63) is 0 Å². The summed E-state index contributed by atoms with van der Waals surface area (Å²) >= 11 is 0. The quantitative estimate of drug-likeness (QED) is 0.702. The van der Waals surface area contributed by atoms with Crippen molar-refractivity contribution in [3.63, 3.8) is 0 Å². The third-order valence-electron chi connectivity index (χ3n) is 2.78. The highest BCUT2D eigenvalue weighted by molar-refractivity contribution is 5.65. The van der Waals surface area contributed by atoms with Crippen LogP contribution in [0.15, 0.2) is 0 Å². The molecule has 1 N–H and O–H groups in total. The van der Waals surface area contributed by atoms with E-state index in [-0.39, 0.29) is 0 Å². The van der Waals surface area contributed by atoms with Gasteiger partial charge in [-0.25, -0.2) is 4.79 Å². The van der Waals surface area contributed by atoms with Gasteiger partial charge in [0, 0.05) is 39.3 Å². The van der Waals surface area contributed by atoms with E-state index in [0.717, 1.165) is 19.3 Å². The molecule has 94 valence electrons. The second kappa shape index (κ2) is 7.46. The number of hydrogen-bond acceptors (Lipinski definition) is 3. The zero-order valence-corrected chi connectivity index (χ0v) is 9.85. The molecule has 0 aromatic rings. The molecular formula is C11H21NO4. The Labute approximate surface area is 96.3 Å². The molecule has 0 radical (unpaired) electrons. The molecule has 1 atom stereocenters. The first-order valence-electron chi connectivity index (χ1n) is 5.78. The lowest BCUT2D eigenvalue weighted by molar-refractivity contribution is 0.0498. The molecule has 16 heavy (non-hydrogen) atoms. The maximum Gasteiger partial charge on any atom is 0.407 e. The summed E-state index contributed by atoms with van der Waals surface area (Å²) in [5, 5.41) is 8.87. The molecule has 1 fully saturated rings. The first-order valence-corrected chi connectivity index (χ1v) is 5.78. The molecule has 1 heterocycles. The molecule has 1 rings (SSSR count). The first kappa shape index (κ1) is 13.3. The van der Waals surface area contributed by atoms with Gasteiger partial charge in [0.2, 0.25) is 0 Å². The number of carbonyl (C=O) groups is 1. The van der Waals surface area contributed by atoms with Crippen molar-refractivity contribution < 1.29 is 19.4 Å². The van der Waals surface area contributed by atoms with Crippen molar-refractivity contribution in [3.8, 4) is 0 Å². The van der Waals surface area contributed by atoms with Crippen LogP contribution < -0.4 is 0 Å². The van der Waals surface area contributed by atoms with Gasteiger partial charge >= 0.3 is 6.09 Å². The lowest BCUT2D eigenvalue weighted by Crippen LogP contribution is -2.40. The minimum Gasteiger partial charge on any atom is -0.465 e. The van der Waals surface area contributed by atoms with Crippen molar-refractivity contribution >= 4 is 6.09 Å². The summed E-state index contributed by atoms with van der Waals surface area (Å²) < 4.78 is 10.4. The minimum atomic E-state index is -0.816. The van der Waals surface area contributed by atoms with Crippen LogP contribution in [0.1, 0.15) is 19.3 Å². The predicted octanol–water partition coefficient (Wildman–Crippen LogP) is 1.43. The van der Waals surface area contributed by atoms with E-state index < -0.39 is 6.09 Å². The van der Waals surface area contributed by atoms with Crippen LogP contribution in [-0.2, 0) is 9.47 Å². The van der Waals surface area contributed by atoms with Gasteiger partial charge in [-0.3, -0.25) is 0 Å². The normalized spacial score (nSPS) is 21.1. The fourth-order valence-corrected chi connectivity index (χ4v) is 1.93. The van der Waals surface area contributed by atoms with Crippen LogP contribution in [0.25, 0.3) is 0 Å². The molecular weight excluding hydrogens is 210 g/mol. The summed E-state index contributed by atoms with van der Waals surface area (Å²) in [4.78, 5) is 12.3. The van der Waals surface area contributed by atoms with E-state index >= 15 is 0 Å². The molecule has 0 aliphatic carbocycles. The molecule has 1 aliphatic rings. The van der Waals surface area contributed by atoms with Crippen molar-refractivity contribution in [2.45, 2.75) is 19.3 Å². The second-order valence-electron chi connectivity index (χ2n) is 4.16. The van der Waals surface area contributed by atoms with Crippen molar-refractivity contribution in [1.29, 1.82) is 0 Å². The summed E-state index contributed by atoms with van der Waals surface area (Å²) in [5.41, 5.74) is 0. The predicted molar refractivity (Wildman–Crippen MR) is 59.6 cm³/mol. The van der Waals surface area contributed by atoms with Gasteiger partial charge in [0.15, 0.2) is 0 Å². The SMILES string of the molecule is COCCCOC[C@H]1CCCN(C(=O)O)C1. The monoisotopic (exact) mass is 231 g/mol. The number of carboxylic acid groups (broad SMARTS) is 1. The standard InChI is InChI=1S/C11H21NO4/c1-15-6-3-7-16-9-10-4-2-5-12(8-10)11(13)14/h10H,2-9H2,1H3,(H,13,14)/t10-/m0/s1. The van der Waals surface area contributed by atoms with E-state index in [4.69, 9.17) is 14.6 Å². The maximum absolute atomic E-state index is 10.8. The summed E-state index contributed by atoms with van der Waals surface area (Å²) in [5.74, 6) is 0.354. The largest absolute Gasteiger partial charge is 0.465 e. The minimum absolute atomic E-state index is 0.354. The summed E-state index contributed by atoms with van der Waals surface area (Å²) in [6, 6.07) is 0. The van der Waals surface area contributed by atoms with Crippen molar-refractivity contribution in [1.82, 2.24) is 4.90 Å². The molecule has 0 bridgehead atoms. The number of nitrogens with zero attached hydrogens (tertiary/aromatic N) is 1. The highest BCUT2D eigenvalue weighted by Crippen LogP contribution is 2.16. The Morgan fingerprint density at radius 1 is 1.50 bits per heavy atom. The van der Waals surface area contributed by atoms with Crippen LogP contribution in [0, 0.1) is 5.92 Å². The summed E-state index contributed by atoms with van der Waals surface area (Å²) in [6.45, 7) is 3.34. The van der Waals surface area contributed by atoms with Crippen LogP contribution >= 0.6 is 0 Å². The van der Waals surface area contributed by atoms with Crippen LogP contribution in [0.3, 0.4) is 0 Å². The van der Waals surface area contributed by atoms with Gasteiger partial charge in [-0.1, -0.05) is 0 Å². The van der Waals surface area contributed by atoms with E-state index in [9.17, 15) is 4.79 Å². The Balaban J connectivity index is 2.10. The Hall–Kier alpha value is -0.810. The average molecular weight is 231 g/mol. The summed E-state index contributed by atoms with van der Waals surface area (Å²) in [6.07, 6.45) is 2.09. The number of piperidine rings is 1. The number of rotatable bonds is 6. The van der Waals surface area contributed by atoms with Gasteiger partial charge in [0.25, 0.3) is 0 Å². The molecule has 0 aromatic heterocycles. The van der Waals surface area contributed by atoms with E-state index in [0.29, 0.717) is 38.8 Å². The van der Waals surface area contributed by atoms with Crippen LogP contribution in [-0.4, -0.2) is 56.1 Å². The molecule has 0 saturated carbocycles. The molecule has 5 nitrogen and oxygen atoms in total. The number of ether oxygens (including phenoxy) is 2. The summed E-state index contributed by atoms with van der Waals surface area (Å²) in [7, 11) is 1.67. The lowest BCUT2D eigenvalue weighted by Gasteiger charge is -2.30. The Morgan fingerprint density at radius 3 is 3.00 bits per heavy atom. The second-order valence-corrected chi connectivity index (χ2v) is 4.16. The highest BCUT2D eigenvalue weighted by atomic mass is 16.5. The molecule has 5 heteroatoms. The van der Waals surface area contributed by atoms with Gasteiger partial charge in [-0.2, -0.15) is 0 Å². The number of hydrogen-bond donors (Lipinski definition) is 1. The molecule has 1 saturated heterocycles. The molecule has 1 amide bonds. The molecule has 0 aromatic carbocycles. The maximum atomic E-state index is 10.8. The smallest absolute Gasteiger partial charge is 0.407 e. The highest BCUT2D eigenvalue weighted by Gasteiger charge is 2.22. The van der Waals surface area contributed by atoms with Gasteiger partial charge in [-0.05, 0) is 19.3 Å². The van der Waals surface area contributed by atoms with E-state index in [2.05, 4.69) is 0 Å². The Morgan fingerprint density at radius 2 is 2.31 bits per heavy atom. The van der Waals surface area contributed by atoms with E-state index in [1.807, 2.05) is 0 Å². The molecule has 0 unspecified atom stereocenters. The van der Waals surface area contributed by atoms with Gasteiger partial charge in [0.1, 0.15) is 0 Å². The fourth-order valence-electron chi connectivity index (χ4n) is 1.93. The van der Waals surface area contributed by atoms with Gasteiger partial charge in [0.05, 0.1) is 6.61 Å². The third kappa shape index (κ3) is 4.81. The topological polar surface area (TPSA) is 59.0 Å². The van der Waals surface area contributed by atoms with Crippen molar-refractivity contribution in [2.24, 2.45) is 5.92 Å². The first-order chi connectivity index (χ1) is 7.74. The van der Waals surface area contributed by atoms with Crippen LogP contribution in [0.4, 0.5) is 4.79 Å². The van der Waals surface area contributed by atoms with Crippen molar-refractivity contribution in [2.75, 3.05) is 40.0 Å². The van der Waals surface area contributed by atoms with E-state index in [1.54, 1.807) is 7.11 Å². The van der Waals surface area contributed by atoms with Gasteiger partial charge in [-0.15, -0.1) is 0 Å². The lowest BCUT2D eigenvalue weighted by atomic mass is 9.99. The third-order valence-corrected chi connectivity index (χ3v) is 2.78. The number of methoxy groups -OCH3 is 1. The van der Waals surface area contributed by atoms with Gasteiger partial charge < -0.3 is 19.5 Å². The molecule has 1 aliphatic heterocycles. The molecule has 0 spiro atoms. The average Bonchev–Trinajstić information content (AvgIpc) is 2.29. The Kier molecular flexibility index (Phi) is 6.18.